The maximum atomic E-state index is 12.7. The number of nitrogens with zero attached hydrogens (tertiary/aromatic N) is 1. The summed E-state index contributed by atoms with van der Waals surface area (Å²) in [5, 5.41) is 11.5. The van der Waals surface area contributed by atoms with Gasteiger partial charge in [-0.3, -0.25) is 4.79 Å². The molecule has 2 N–H and O–H groups in total. The molecule has 1 saturated heterocycles. The number of H-pyrrole nitrogens is 1. The summed E-state index contributed by atoms with van der Waals surface area (Å²) >= 11 is 0. The molecule has 4 atom stereocenters. The van der Waals surface area contributed by atoms with E-state index in [1.54, 1.807) is 14.2 Å². The summed E-state index contributed by atoms with van der Waals surface area (Å²) in [5.41, 5.74) is -0.0451. The summed E-state index contributed by atoms with van der Waals surface area (Å²) < 4.78 is 35.8. The minimum atomic E-state index is -1.25. The Kier molecular flexibility index (Phi) is 9.93. The van der Waals surface area contributed by atoms with Crippen molar-refractivity contribution >= 4 is 0 Å². The van der Waals surface area contributed by atoms with Crippen LogP contribution in [0.25, 0.3) is 0 Å². The molecular formula is C33H36N2O9. The molecule has 1 aliphatic rings. The zero-order valence-corrected chi connectivity index (χ0v) is 24.8. The Morgan fingerprint density at radius 3 is 1.95 bits per heavy atom. The van der Waals surface area contributed by atoms with Crippen molar-refractivity contribution in [3.05, 3.63) is 129 Å². The van der Waals surface area contributed by atoms with Crippen molar-refractivity contribution in [2.75, 3.05) is 41.2 Å². The molecule has 0 amide bonds. The van der Waals surface area contributed by atoms with Gasteiger partial charge in [0.15, 0.2) is 6.23 Å². The first-order chi connectivity index (χ1) is 21.4. The number of hydrogen-bond donors (Lipinski definition) is 2. The third kappa shape index (κ3) is 6.19. The van der Waals surface area contributed by atoms with Gasteiger partial charge in [-0.25, -0.2) is 9.36 Å². The first-order valence-corrected chi connectivity index (χ1v) is 14.2. The van der Waals surface area contributed by atoms with Gasteiger partial charge in [-0.1, -0.05) is 54.6 Å². The molecule has 44 heavy (non-hydrogen) atoms. The topological polar surface area (TPSA) is 130 Å². The third-order valence-corrected chi connectivity index (χ3v) is 7.69. The zero-order valence-electron chi connectivity index (χ0n) is 24.8. The molecule has 0 saturated carbocycles. The fourth-order valence-corrected chi connectivity index (χ4v) is 5.47. The van der Waals surface area contributed by atoms with Gasteiger partial charge in [-0.2, -0.15) is 0 Å². The molecule has 1 aromatic heterocycles. The van der Waals surface area contributed by atoms with Crippen LogP contribution >= 0.6 is 0 Å². The zero-order chi connectivity index (χ0) is 31.1. The maximum absolute atomic E-state index is 12.7. The second kappa shape index (κ2) is 14.0. The van der Waals surface area contributed by atoms with Gasteiger partial charge in [0.1, 0.15) is 35.4 Å². The van der Waals surface area contributed by atoms with Gasteiger partial charge in [0.05, 0.1) is 34.0 Å². The van der Waals surface area contributed by atoms with Gasteiger partial charge in [0.25, 0.3) is 5.56 Å². The van der Waals surface area contributed by atoms with Crippen molar-refractivity contribution < 1.29 is 33.5 Å². The number of aliphatic hydroxyl groups excluding tert-OH is 1. The normalized spacial score (nSPS) is 20.0. The Balaban J connectivity index is 1.57. The first kappa shape index (κ1) is 31.2. The summed E-state index contributed by atoms with van der Waals surface area (Å²) in [6.45, 7) is 0.217. The Hall–Kier alpha value is -4.26. The highest BCUT2D eigenvalue weighted by atomic mass is 16.6. The van der Waals surface area contributed by atoms with E-state index in [4.69, 9.17) is 28.4 Å². The molecule has 232 valence electrons. The smallest absolute Gasteiger partial charge is 0.330 e. The van der Waals surface area contributed by atoms with Crippen molar-refractivity contribution in [1.29, 1.82) is 0 Å². The summed E-state index contributed by atoms with van der Waals surface area (Å²) in [5.74, 6) is 1.36. The number of benzene rings is 3. The highest BCUT2D eigenvalue weighted by Crippen LogP contribution is 2.43. The van der Waals surface area contributed by atoms with Crippen LogP contribution in [-0.2, 0) is 24.5 Å². The van der Waals surface area contributed by atoms with E-state index < -0.39 is 41.4 Å². The van der Waals surface area contributed by atoms with Crippen LogP contribution in [0.15, 0.2) is 101 Å². The Bertz CT molecular complexity index is 1530. The molecule has 11 heteroatoms. The number of rotatable bonds is 13. The first-order valence-electron chi connectivity index (χ1n) is 14.2. The SMILES string of the molecule is COCCO[C@@H]1[C@H](O)[C@@H](COC(c2ccccc2)(c2ccc(OC)cc2)c2ccc(OC)cc2)O[C@H]1n1c(=O)cc[nH]c1=O. The van der Waals surface area contributed by atoms with Gasteiger partial charge in [-0.15, -0.1) is 0 Å². The Labute approximate surface area is 254 Å². The monoisotopic (exact) mass is 604 g/mol. The van der Waals surface area contributed by atoms with E-state index in [9.17, 15) is 14.7 Å². The molecule has 4 aromatic rings. The number of aromatic amines is 1. The fraction of sp³-hybridized carbons (Fsp3) is 0.333. The van der Waals surface area contributed by atoms with Crippen molar-refractivity contribution in [3.63, 3.8) is 0 Å². The standard InChI is InChI=1S/C33H36N2O9/c1-39-19-20-42-30-29(37)27(44-31(30)35-28(36)17-18-34-32(35)38)21-43-33(22-7-5-4-6-8-22,23-9-13-25(40-2)14-10-23)24-11-15-26(41-3)16-12-24/h4-18,27,29-31,37H,19-21H2,1-3H3,(H,34,38)/t27-,29-,30-,31-/m1/s1. The van der Waals surface area contributed by atoms with E-state index in [1.165, 1.54) is 19.4 Å². The van der Waals surface area contributed by atoms with E-state index in [0.29, 0.717) is 11.5 Å². The van der Waals surface area contributed by atoms with Gasteiger partial charge >= 0.3 is 5.69 Å². The molecule has 1 aliphatic heterocycles. The lowest BCUT2D eigenvalue weighted by Gasteiger charge is -2.37. The Morgan fingerprint density at radius 2 is 1.41 bits per heavy atom. The number of ether oxygens (including phenoxy) is 6. The highest BCUT2D eigenvalue weighted by Gasteiger charge is 2.48. The molecule has 0 bridgehead atoms. The largest absolute Gasteiger partial charge is 0.497 e. The van der Waals surface area contributed by atoms with Crippen LogP contribution in [0.5, 0.6) is 11.5 Å². The van der Waals surface area contributed by atoms with E-state index in [2.05, 4.69) is 4.98 Å². The van der Waals surface area contributed by atoms with Crippen molar-refractivity contribution in [2.24, 2.45) is 0 Å². The quantitative estimate of drug-likeness (QED) is 0.175. The second-order valence-corrected chi connectivity index (χ2v) is 10.2. The minimum absolute atomic E-state index is 0.108. The molecule has 3 aromatic carbocycles. The summed E-state index contributed by atoms with van der Waals surface area (Å²) in [7, 11) is 4.72. The molecule has 11 nitrogen and oxygen atoms in total. The molecule has 2 heterocycles. The number of hydrogen-bond acceptors (Lipinski definition) is 9. The second-order valence-electron chi connectivity index (χ2n) is 10.2. The van der Waals surface area contributed by atoms with Gasteiger partial charge < -0.3 is 38.5 Å². The molecule has 1 fully saturated rings. The van der Waals surface area contributed by atoms with Gasteiger partial charge in [-0.05, 0) is 41.0 Å². The van der Waals surface area contributed by atoms with Crippen molar-refractivity contribution in [3.8, 4) is 11.5 Å². The van der Waals surface area contributed by atoms with E-state index >= 15 is 0 Å². The van der Waals surface area contributed by atoms with Crippen molar-refractivity contribution in [2.45, 2.75) is 30.1 Å². The lowest BCUT2D eigenvalue weighted by atomic mass is 9.80. The van der Waals surface area contributed by atoms with Gasteiger partial charge in [0, 0.05) is 19.4 Å². The van der Waals surface area contributed by atoms with Crippen LogP contribution in [0.3, 0.4) is 0 Å². The average molecular weight is 605 g/mol. The van der Waals surface area contributed by atoms with Crippen LogP contribution in [0, 0.1) is 0 Å². The fourth-order valence-electron chi connectivity index (χ4n) is 5.47. The predicted molar refractivity (Wildman–Crippen MR) is 161 cm³/mol. The third-order valence-electron chi connectivity index (χ3n) is 7.69. The van der Waals surface area contributed by atoms with E-state index in [0.717, 1.165) is 21.3 Å². The van der Waals surface area contributed by atoms with Crippen LogP contribution in [0.2, 0.25) is 0 Å². The van der Waals surface area contributed by atoms with E-state index in [-0.39, 0.29) is 19.8 Å². The lowest BCUT2D eigenvalue weighted by molar-refractivity contribution is -0.100. The van der Waals surface area contributed by atoms with Crippen LogP contribution in [0.1, 0.15) is 22.9 Å². The highest BCUT2D eigenvalue weighted by molar-refractivity contribution is 5.49. The van der Waals surface area contributed by atoms with Crippen LogP contribution < -0.4 is 20.7 Å². The van der Waals surface area contributed by atoms with Gasteiger partial charge in [0.2, 0.25) is 0 Å². The molecule has 0 spiro atoms. The minimum Gasteiger partial charge on any atom is -0.497 e. The maximum Gasteiger partial charge on any atom is 0.330 e. The Morgan fingerprint density at radius 1 is 0.818 bits per heavy atom. The summed E-state index contributed by atoms with van der Waals surface area (Å²) in [6.07, 6.45) is -3.22. The lowest BCUT2D eigenvalue weighted by Crippen LogP contribution is -2.43. The van der Waals surface area contributed by atoms with Crippen LogP contribution in [-0.4, -0.2) is 74.1 Å². The number of methoxy groups -OCH3 is 3. The van der Waals surface area contributed by atoms with Crippen molar-refractivity contribution in [1.82, 2.24) is 9.55 Å². The average Bonchev–Trinajstić information content (AvgIpc) is 3.36. The van der Waals surface area contributed by atoms with E-state index in [1.807, 2.05) is 78.9 Å². The predicted octanol–water partition coefficient (Wildman–Crippen LogP) is 2.85. The number of aromatic nitrogens is 2. The molecule has 0 radical (unpaired) electrons. The number of aliphatic hydroxyl groups is 1. The number of nitrogens with one attached hydrogen (secondary N) is 1. The molecule has 5 rings (SSSR count). The molecule has 0 unspecified atom stereocenters. The molecule has 0 aliphatic carbocycles. The molecular weight excluding hydrogens is 568 g/mol. The summed E-state index contributed by atoms with van der Waals surface area (Å²) in [6, 6.07) is 26.0. The van der Waals surface area contributed by atoms with Crippen LogP contribution in [0.4, 0.5) is 0 Å². The summed E-state index contributed by atoms with van der Waals surface area (Å²) in [4.78, 5) is 27.9.